The second-order valence-electron chi connectivity index (χ2n) is 11.1. The van der Waals surface area contributed by atoms with E-state index in [0.717, 1.165) is 0 Å². The summed E-state index contributed by atoms with van der Waals surface area (Å²) in [6.45, 7) is 12.1. The molecule has 7 nitrogen and oxygen atoms in total. The van der Waals surface area contributed by atoms with Gasteiger partial charge >= 0.3 is 17.7 Å². The van der Waals surface area contributed by atoms with E-state index in [4.69, 9.17) is 18.9 Å². The molecule has 0 saturated carbocycles. The van der Waals surface area contributed by atoms with E-state index in [0.29, 0.717) is 16.7 Å². The van der Waals surface area contributed by atoms with E-state index < -0.39 is 34.7 Å². The van der Waals surface area contributed by atoms with Crippen molar-refractivity contribution in [1.82, 2.24) is 0 Å². The molecule has 1 aliphatic rings. The third-order valence-corrected chi connectivity index (χ3v) is 5.86. The smallest absolute Gasteiger partial charge is 0.314 e. The quantitative estimate of drug-likeness (QED) is 0.126. The summed E-state index contributed by atoms with van der Waals surface area (Å²) in [6, 6.07) is 8.88. The first kappa shape index (κ1) is 30.8. The summed E-state index contributed by atoms with van der Waals surface area (Å²) in [4.78, 5) is 39.3. The maximum atomic E-state index is 13.3. The van der Waals surface area contributed by atoms with Gasteiger partial charge in [-0.1, -0.05) is 42.5 Å². The van der Waals surface area contributed by atoms with Crippen molar-refractivity contribution in [3.8, 4) is 0 Å². The standard InChI is InChI=1S/C31H40O7/c1-10-11-17-23-20-22(18-19-24(32)21-15-13-12-14-16-21)25(35-8)26(36-9)31(23,37-27(33)29(2,3)4)38-28(34)30(5,6)7/h10-16,18-20,26H,17H2,1-9H3. The fourth-order valence-corrected chi connectivity index (χ4v) is 3.62. The van der Waals surface area contributed by atoms with Crippen LogP contribution in [0.25, 0.3) is 0 Å². The van der Waals surface area contributed by atoms with E-state index in [1.165, 1.54) is 20.3 Å². The molecule has 1 aromatic rings. The van der Waals surface area contributed by atoms with Gasteiger partial charge in [0.1, 0.15) is 5.76 Å². The minimum absolute atomic E-state index is 0.193. The molecule has 0 bridgehead atoms. The van der Waals surface area contributed by atoms with Crippen molar-refractivity contribution in [2.75, 3.05) is 14.2 Å². The van der Waals surface area contributed by atoms with Gasteiger partial charge in [-0.15, -0.1) is 0 Å². The Morgan fingerprint density at radius 2 is 1.47 bits per heavy atom. The largest absolute Gasteiger partial charge is 0.497 e. The molecule has 0 heterocycles. The molecule has 1 atom stereocenters. The lowest BCUT2D eigenvalue weighted by atomic mass is 9.85. The molecule has 0 aromatic heterocycles. The average Bonchev–Trinajstić information content (AvgIpc) is 2.85. The van der Waals surface area contributed by atoms with Crippen LogP contribution in [0.1, 0.15) is 65.2 Å². The second kappa shape index (κ2) is 12.4. The molecule has 0 aliphatic heterocycles. The number of methoxy groups -OCH3 is 2. The van der Waals surface area contributed by atoms with Crippen LogP contribution in [-0.2, 0) is 28.5 Å². The number of esters is 2. The minimum Gasteiger partial charge on any atom is -0.497 e. The van der Waals surface area contributed by atoms with Gasteiger partial charge in [0.15, 0.2) is 11.9 Å². The Morgan fingerprint density at radius 1 is 0.921 bits per heavy atom. The zero-order valence-electron chi connectivity index (χ0n) is 23.9. The van der Waals surface area contributed by atoms with Gasteiger partial charge in [-0.05, 0) is 73.1 Å². The first-order valence-electron chi connectivity index (χ1n) is 12.6. The highest BCUT2D eigenvalue weighted by Crippen LogP contribution is 2.44. The molecule has 0 fully saturated rings. The fourth-order valence-electron chi connectivity index (χ4n) is 3.62. The first-order valence-corrected chi connectivity index (χ1v) is 12.6. The van der Waals surface area contributed by atoms with Crippen LogP contribution in [-0.4, -0.2) is 43.8 Å². The molecular formula is C31H40O7. The zero-order chi connectivity index (χ0) is 28.7. The van der Waals surface area contributed by atoms with E-state index >= 15 is 0 Å². The van der Waals surface area contributed by atoms with Crippen molar-refractivity contribution in [2.24, 2.45) is 10.8 Å². The third-order valence-electron chi connectivity index (χ3n) is 5.86. The van der Waals surface area contributed by atoms with E-state index in [1.807, 2.05) is 25.1 Å². The number of benzene rings is 1. The number of carbonyl (C=O) groups is 3. The van der Waals surface area contributed by atoms with Gasteiger partial charge in [0, 0.05) is 23.8 Å². The molecule has 206 valence electrons. The maximum Gasteiger partial charge on any atom is 0.314 e. The van der Waals surface area contributed by atoms with Crippen molar-refractivity contribution in [3.63, 3.8) is 0 Å². The van der Waals surface area contributed by atoms with Crippen LogP contribution < -0.4 is 0 Å². The highest BCUT2D eigenvalue weighted by molar-refractivity contribution is 6.04. The van der Waals surface area contributed by atoms with Gasteiger partial charge in [-0.2, -0.15) is 0 Å². The monoisotopic (exact) mass is 524 g/mol. The van der Waals surface area contributed by atoms with Crippen molar-refractivity contribution in [1.29, 1.82) is 0 Å². The Hall–Kier alpha value is -3.45. The van der Waals surface area contributed by atoms with Gasteiger partial charge < -0.3 is 18.9 Å². The molecule has 0 saturated heterocycles. The van der Waals surface area contributed by atoms with Crippen LogP contribution in [0.5, 0.6) is 0 Å². The topological polar surface area (TPSA) is 88.1 Å². The maximum absolute atomic E-state index is 13.3. The molecule has 38 heavy (non-hydrogen) atoms. The summed E-state index contributed by atoms with van der Waals surface area (Å²) in [7, 11) is 2.87. The van der Waals surface area contributed by atoms with E-state index in [1.54, 1.807) is 78.0 Å². The lowest BCUT2D eigenvalue weighted by Crippen LogP contribution is -2.57. The Labute approximate surface area is 226 Å². The normalized spacial score (nSPS) is 17.9. The van der Waals surface area contributed by atoms with Gasteiger partial charge in [0.25, 0.3) is 0 Å². The molecule has 1 unspecified atom stereocenters. The summed E-state index contributed by atoms with van der Waals surface area (Å²) in [5.74, 6) is -3.05. The Morgan fingerprint density at radius 3 is 1.92 bits per heavy atom. The molecule has 2 rings (SSSR count). The summed E-state index contributed by atoms with van der Waals surface area (Å²) in [6.07, 6.45) is 7.63. The number of allylic oxidation sites excluding steroid dienone is 6. The second-order valence-corrected chi connectivity index (χ2v) is 11.1. The van der Waals surface area contributed by atoms with Crippen LogP contribution in [0.2, 0.25) is 0 Å². The van der Waals surface area contributed by atoms with E-state index in [2.05, 4.69) is 0 Å². The number of hydrogen-bond acceptors (Lipinski definition) is 7. The van der Waals surface area contributed by atoms with Crippen molar-refractivity contribution in [3.05, 3.63) is 83.2 Å². The fraction of sp³-hybridized carbons (Fsp3) is 0.452. The lowest BCUT2D eigenvalue weighted by molar-refractivity contribution is -0.256. The van der Waals surface area contributed by atoms with E-state index in [9.17, 15) is 14.4 Å². The number of hydrogen-bond donors (Lipinski definition) is 0. The van der Waals surface area contributed by atoms with Crippen LogP contribution in [0.15, 0.2) is 77.6 Å². The van der Waals surface area contributed by atoms with Crippen LogP contribution in [0, 0.1) is 10.8 Å². The van der Waals surface area contributed by atoms with Gasteiger partial charge in [-0.25, -0.2) is 0 Å². The van der Waals surface area contributed by atoms with Crippen molar-refractivity contribution in [2.45, 2.75) is 66.8 Å². The summed E-state index contributed by atoms with van der Waals surface area (Å²) < 4.78 is 23.8. The van der Waals surface area contributed by atoms with E-state index in [-0.39, 0.29) is 18.0 Å². The SMILES string of the molecule is CC=CCC1=CC(C=CC(=O)c2ccccc2)=C(OC)C(OC)C1(OC(=O)C(C)(C)C)OC(=O)C(C)(C)C. The Bertz CT molecular complexity index is 1110. The molecule has 1 aromatic carbocycles. The predicted octanol–water partition coefficient (Wildman–Crippen LogP) is 6.12. The summed E-state index contributed by atoms with van der Waals surface area (Å²) in [5.41, 5.74) is -0.273. The van der Waals surface area contributed by atoms with Crippen LogP contribution in [0.4, 0.5) is 0 Å². The number of rotatable bonds is 9. The zero-order valence-corrected chi connectivity index (χ0v) is 23.9. The molecular weight excluding hydrogens is 484 g/mol. The average molecular weight is 525 g/mol. The van der Waals surface area contributed by atoms with Gasteiger partial charge in [-0.3, -0.25) is 14.4 Å². The minimum atomic E-state index is -1.94. The highest BCUT2D eigenvalue weighted by Gasteiger charge is 2.56. The third kappa shape index (κ3) is 7.10. The van der Waals surface area contributed by atoms with Gasteiger partial charge in [0.05, 0.1) is 17.9 Å². The molecule has 7 heteroatoms. The molecule has 0 spiro atoms. The number of ketones is 1. The van der Waals surface area contributed by atoms with Crippen LogP contribution in [0.3, 0.4) is 0 Å². The Kier molecular flexibility index (Phi) is 10.0. The lowest BCUT2D eigenvalue weighted by Gasteiger charge is -2.44. The summed E-state index contributed by atoms with van der Waals surface area (Å²) in [5, 5.41) is 0. The Balaban J connectivity index is 2.76. The molecule has 0 amide bonds. The molecule has 0 N–H and O–H groups in total. The van der Waals surface area contributed by atoms with Crippen LogP contribution >= 0.6 is 0 Å². The summed E-state index contributed by atoms with van der Waals surface area (Å²) >= 11 is 0. The van der Waals surface area contributed by atoms with Crippen molar-refractivity contribution < 1.29 is 33.3 Å². The predicted molar refractivity (Wildman–Crippen MR) is 146 cm³/mol. The highest BCUT2D eigenvalue weighted by atomic mass is 16.8. The van der Waals surface area contributed by atoms with Crippen molar-refractivity contribution >= 4 is 17.7 Å². The first-order chi connectivity index (χ1) is 17.7. The molecule has 1 aliphatic carbocycles. The molecule has 0 radical (unpaired) electrons. The number of carbonyl (C=O) groups excluding carboxylic acids is 3. The number of ether oxygens (including phenoxy) is 4. The van der Waals surface area contributed by atoms with Gasteiger partial charge in [0.2, 0.25) is 0 Å².